The van der Waals surface area contributed by atoms with Gasteiger partial charge >= 0.3 is 0 Å². The Morgan fingerprint density at radius 3 is 3.00 bits per heavy atom. The van der Waals surface area contributed by atoms with Gasteiger partial charge < -0.3 is 15.8 Å². The molecule has 19 heavy (non-hydrogen) atoms. The highest BCUT2D eigenvalue weighted by atomic mass is 19.1. The second-order valence-corrected chi connectivity index (χ2v) is 4.18. The van der Waals surface area contributed by atoms with Gasteiger partial charge in [0.1, 0.15) is 0 Å². The Kier molecular flexibility index (Phi) is 4.22. The topological polar surface area (TPSA) is 76.0 Å². The fourth-order valence-electron chi connectivity index (χ4n) is 1.62. The Bertz CT molecular complexity index is 528. The van der Waals surface area contributed by atoms with Gasteiger partial charge in [0.15, 0.2) is 11.6 Å². The van der Waals surface area contributed by atoms with Crippen LogP contribution in [0.2, 0.25) is 0 Å². The molecule has 1 aromatic heterocycles. The van der Waals surface area contributed by atoms with E-state index in [1.54, 1.807) is 18.5 Å². The zero-order valence-electron chi connectivity index (χ0n) is 10.7. The van der Waals surface area contributed by atoms with E-state index in [0.29, 0.717) is 24.5 Å². The molecule has 0 spiro atoms. The molecule has 0 saturated heterocycles. The minimum absolute atomic E-state index is 0.214. The number of H-pyrrole nitrogens is 1. The van der Waals surface area contributed by atoms with Crippen LogP contribution < -0.4 is 15.8 Å². The van der Waals surface area contributed by atoms with Crippen LogP contribution in [0.5, 0.6) is 5.75 Å². The summed E-state index contributed by atoms with van der Waals surface area (Å²) in [7, 11) is 0. The largest absolute Gasteiger partial charge is 0.490 e. The van der Waals surface area contributed by atoms with Crippen molar-refractivity contribution in [3.63, 3.8) is 0 Å². The number of hydrogen-bond donors (Lipinski definition) is 3. The zero-order valence-corrected chi connectivity index (χ0v) is 10.7. The summed E-state index contributed by atoms with van der Waals surface area (Å²) in [6.07, 6.45) is 4.31. The number of nitrogens with two attached hydrogens (primary N) is 1. The van der Waals surface area contributed by atoms with Gasteiger partial charge in [0.25, 0.3) is 0 Å². The predicted octanol–water partition coefficient (Wildman–Crippen LogP) is 2.53. The molecular formula is C13H17FN4O. The molecule has 0 aliphatic rings. The molecule has 1 aromatic carbocycles. The molecule has 102 valence electrons. The van der Waals surface area contributed by atoms with Crippen molar-refractivity contribution in [2.24, 2.45) is 0 Å². The molecule has 0 aliphatic carbocycles. The highest BCUT2D eigenvalue weighted by Crippen LogP contribution is 2.28. The van der Waals surface area contributed by atoms with Crippen molar-refractivity contribution in [1.29, 1.82) is 0 Å². The van der Waals surface area contributed by atoms with Gasteiger partial charge in [-0.2, -0.15) is 5.10 Å². The van der Waals surface area contributed by atoms with E-state index < -0.39 is 5.82 Å². The number of ether oxygens (including phenoxy) is 1. The van der Waals surface area contributed by atoms with Crippen LogP contribution in [-0.2, 0) is 6.54 Å². The molecule has 0 bridgehead atoms. The summed E-state index contributed by atoms with van der Waals surface area (Å²) >= 11 is 0. The standard InChI is InChI=1S/C13H17FN4O/c1-2-3-19-13-5-12(11(15)4-10(13)14)16-6-9-7-17-18-8-9/h4-5,7-8,16H,2-3,6,15H2,1H3,(H,17,18). The summed E-state index contributed by atoms with van der Waals surface area (Å²) in [5, 5.41) is 9.70. The van der Waals surface area contributed by atoms with E-state index in [1.165, 1.54) is 6.07 Å². The molecule has 0 radical (unpaired) electrons. The Balaban J connectivity index is 2.10. The number of benzene rings is 1. The summed E-state index contributed by atoms with van der Waals surface area (Å²) in [5.74, 6) is -0.231. The Morgan fingerprint density at radius 2 is 2.32 bits per heavy atom. The molecule has 2 rings (SSSR count). The molecule has 0 aliphatic heterocycles. The maximum atomic E-state index is 13.6. The number of aromatic amines is 1. The quantitative estimate of drug-likeness (QED) is 0.701. The van der Waals surface area contributed by atoms with Crippen LogP contribution >= 0.6 is 0 Å². The lowest BCUT2D eigenvalue weighted by Gasteiger charge is -2.12. The van der Waals surface area contributed by atoms with Crippen molar-refractivity contribution >= 4 is 11.4 Å². The molecule has 4 N–H and O–H groups in total. The summed E-state index contributed by atoms with van der Waals surface area (Å²) < 4.78 is 18.9. The summed E-state index contributed by atoms with van der Waals surface area (Å²) in [6, 6.07) is 2.85. The normalized spacial score (nSPS) is 10.4. The lowest BCUT2D eigenvalue weighted by molar-refractivity contribution is 0.301. The van der Waals surface area contributed by atoms with Gasteiger partial charge in [-0.05, 0) is 6.42 Å². The third kappa shape index (κ3) is 3.37. The van der Waals surface area contributed by atoms with Gasteiger partial charge in [0.2, 0.25) is 0 Å². The molecule has 0 unspecified atom stereocenters. The van der Waals surface area contributed by atoms with E-state index in [2.05, 4.69) is 15.5 Å². The number of nitrogens with zero attached hydrogens (tertiary/aromatic N) is 1. The minimum atomic E-state index is -0.445. The fourth-order valence-corrected chi connectivity index (χ4v) is 1.62. The first kappa shape index (κ1) is 13.2. The van der Waals surface area contributed by atoms with Gasteiger partial charge in [-0.25, -0.2) is 4.39 Å². The summed E-state index contributed by atoms with van der Waals surface area (Å²) in [4.78, 5) is 0. The van der Waals surface area contributed by atoms with Crippen molar-refractivity contribution in [2.45, 2.75) is 19.9 Å². The van der Waals surface area contributed by atoms with E-state index in [9.17, 15) is 4.39 Å². The van der Waals surface area contributed by atoms with Crippen molar-refractivity contribution in [2.75, 3.05) is 17.7 Å². The second-order valence-electron chi connectivity index (χ2n) is 4.18. The van der Waals surface area contributed by atoms with Crippen LogP contribution in [0.15, 0.2) is 24.5 Å². The molecule has 2 aromatic rings. The second kappa shape index (κ2) is 6.08. The third-order valence-corrected chi connectivity index (χ3v) is 2.60. The maximum absolute atomic E-state index is 13.6. The number of halogens is 1. The van der Waals surface area contributed by atoms with E-state index in [4.69, 9.17) is 10.5 Å². The van der Waals surface area contributed by atoms with Crippen molar-refractivity contribution < 1.29 is 9.13 Å². The van der Waals surface area contributed by atoms with Crippen LogP contribution in [0.4, 0.5) is 15.8 Å². The lowest BCUT2D eigenvalue weighted by atomic mass is 10.2. The molecule has 5 nitrogen and oxygen atoms in total. The van der Waals surface area contributed by atoms with E-state index in [0.717, 1.165) is 12.0 Å². The average molecular weight is 264 g/mol. The Hall–Kier alpha value is -2.24. The SMILES string of the molecule is CCCOc1cc(NCc2cn[nH]c2)c(N)cc1F. The maximum Gasteiger partial charge on any atom is 0.167 e. The molecule has 0 amide bonds. The van der Waals surface area contributed by atoms with Crippen LogP contribution in [0.25, 0.3) is 0 Å². The Labute approximate surface area is 111 Å². The molecule has 6 heteroatoms. The highest BCUT2D eigenvalue weighted by Gasteiger charge is 2.09. The van der Waals surface area contributed by atoms with Crippen LogP contribution in [-0.4, -0.2) is 16.8 Å². The van der Waals surface area contributed by atoms with Crippen LogP contribution in [0.1, 0.15) is 18.9 Å². The molecule has 0 fully saturated rings. The van der Waals surface area contributed by atoms with Gasteiger partial charge in [0, 0.05) is 30.4 Å². The Morgan fingerprint density at radius 1 is 1.47 bits per heavy atom. The number of rotatable bonds is 6. The predicted molar refractivity (Wildman–Crippen MR) is 72.5 cm³/mol. The number of hydrogen-bond acceptors (Lipinski definition) is 4. The van der Waals surface area contributed by atoms with E-state index in [1.807, 2.05) is 6.92 Å². The zero-order chi connectivity index (χ0) is 13.7. The first-order chi connectivity index (χ1) is 9.20. The highest BCUT2D eigenvalue weighted by molar-refractivity contribution is 5.68. The van der Waals surface area contributed by atoms with Gasteiger partial charge in [-0.15, -0.1) is 0 Å². The number of anilines is 2. The molecule has 0 saturated carbocycles. The number of aromatic nitrogens is 2. The van der Waals surface area contributed by atoms with Crippen LogP contribution in [0, 0.1) is 5.82 Å². The number of nitrogen functional groups attached to an aromatic ring is 1. The first-order valence-corrected chi connectivity index (χ1v) is 6.14. The smallest absolute Gasteiger partial charge is 0.167 e. The molecule has 0 atom stereocenters. The monoisotopic (exact) mass is 264 g/mol. The minimum Gasteiger partial charge on any atom is -0.490 e. The van der Waals surface area contributed by atoms with Gasteiger partial charge in [-0.1, -0.05) is 6.92 Å². The average Bonchev–Trinajstić information content (AvgIpc) is 2.90. The van der Waals surface area contributed by atoms with E-state index in [-0.39, 0.29) is 5.75 Å². The lowest BCUT2D eigenvalue weighted by Crippen LogP contribution is -2.04. The summed E-state index contributed by atoms with van der Waals surface area (Å²) in [6.45, 7) is 2.99. The number of nitrogens with one attached hydrogen (secondary N) is 2. The molecule has 1 heterocycles. The van der Waals surface area contributed by atoms with Crippen molar-refractivity contribution in [1.82, 2.24) is 10.2 Å². The fraction of sp³-hybridized carbons (Fsp3) is 0.308. The first-order valence-electron chi connectivity index (χ1n) is 6.14. The van der Waals surface area contributed by atoms with Crippen molar-refractivity contribution in [3.8, 4) is 5.75 Å². The van der Waals surface area contributed by atoms with Crippen molar-refractivity contribution in [3.05, 3.63) is 35.9 Å². The summed E-state index contributed by atoms with van der Waals surface area (Å²) in [5.41, 5.74) is 7.76. The van der Waals surface area contributed by atoms with E-state index >= 15 is 0 Å². The molecular weight excluding hydrogens is 247 g/mol. The van der Waals surface area contributed by atoms with Crippen LogP contribution in [0.3, 0.4) is 0 Å². The van der Waals surface area contributed by atoms with Gasteiger partial charge in [-0.3, -0.25) is 5.10 Å². The third-order valence-electron chi connectivity index (χ3n) is 2.60. The van der Waals surface area contributed by atoms with Gasteiger partial charge in [0.05, 0.1) is 24.2 Å².